The standard InChI is InChI=1S/C11H23N5/c1-3-4-5-10(2)13-8-11-9-16(7-6-12)15-14-11/h9-10,13H,3-8,12H2,1-2H3. The van der Waals surface area contributed by atoms with Gasteiger partial charge in [0.2, 0.25) is 0 Å². The summed E-state index contributed by atoms with van der Waals surface area (Å²) < 4.78 is 1.79. The van der Waals surface area contributed by atoms with Crippen molar-refractivity contribution in [3.8, 4) is 0 Å². The van der Waals surface area contributed by atoms with E-state index < -0.39 is 0 Å². The molecule has 0 aromatic carbocycles. The SMILES string of the molecule is CCCCC(C)NCc1cn(CCN)nn1. The van der Waals surface area contributed by atoms with E-state index in [0.29, 0.717) is 12.6 Å². The van der Waals surface area contributed by atoms with Gasteiger partial charge in [-0.1, -0.05) is 25.0 Å². The molecule has 0 bridgehead atoms. The number of nitrogens with one attached hydrogen (secondary N) is 1. The Balaban J connectivity index is 2.25. The van der Waals surface area contributed by atoms with E-state index >= 15 is 0 Å². The summed E-state index contributed by atoms with van der Waals surface area (Å²) in [5, 5.41) is 11.5. The van der Waals surface area contributed by atoms with E-state index in [1.54, 1.807) is 4.68 Å². The monoisotopic (exact) mass is 225 g/mol. The van der Waals surface area contributed by atoms with Crippen LogP contribution in [0.2, 0.25) is 0 Å². The molecular formula is C11H23N5. The minimum Gasteiger partial charge on any atom is -0.329 e. The average Bonchev–Trinajstić information content (AvgIpc) is 2.72. The lowest BCUT2D eigenvalue weighted by molar-refractivity contribution is 0.491. The van der Waals surface area contributed by atoms with Gasteiger partial charge in [-0.25, -0.2) is 0 Å². The lowest BCUT2D eigenvalue weighted by atomic mass is 10.1. The van der Waals surface area contributed by atoms with Crippen molar-refractivity contribution in [2.75, 3.05) is 6.54 Å². The molecular weight excluding hydrogens is 202 g/mol. The molecule has 3 N–H and O–H groups in total. The predicted molar refractivity (Wildman–Crippen MR) is 64.9 cm³/mol. The van der Waals surface area contributed by atoms with Gasteiger partial charge < -0.3 is 11.1 Å². The van der Waals surface area contributed by atoms with Crippen LogP contribution >= 0.6 is 0 Å². The molecule has 1 unspecified atom stereocenters. The molecule has 0 aliphatic heterocycles. The molecule has 1 aromatic rings. The summed E-state index contributed by atoms with van der Waals surface area (Å²) in [6, 6.07) is 0.541. The smallest absolute Gasteiger partial charge is 0.0964 e. The van der Waals surface area contributed by atoms with E-state index in [2.05, 4.69) is 29.5 Å². The van der Waals surface area contributed by atoms with Crippen LogP contribution in [0, 0.1) is 0 Å². The Kier molecular flexibility index (Phi) is 6.03. The highest BCUT2D eigenvalue weighted by Gasteiger charge is 2.03. The van der Waals surface area contributed by atoms with Gasteiger partial charge in [0.25, 0.3) is 0 Å². The lowest BCUT2D eigenvalue weighted by Gasteiger charge is -2.11. The second kappa shape index (κ2) is 7.35. The molecule has 1 rings (SSSR count). The van der Waals surface area contributed by atoms with Crippen LogP contribution in [0.4, 0.5) is 0 Å². The zero-order valence-corrected chi connectivity index (χ0v) is 10.3. The Morgan fingerprint density at radius 2 is 2.38 bits per heavy atom. The summed E-state index contributed by atoms with van der Waals surface area (Å²) in [7, 11) is 0. The third kappa shape index (κ3) is 4.72. The molecule has 1 atom stereocenters. The zero-order valence-electron chi connectivity index (χ0n) is 10.3. The van der Waals surface area contributed by atoms with Crippen molar-refractivity contribution in [3.63, 3.8) is 0 Å². The van der Waals surface area contributed by atoms with Gasteiger partial charge in [0, 0.05) is 25.3 Å². The van der Waals surface area contributed by atoms with E-state index in [0.717, 1.165) is 18.8 Å². The highest BCUT2D eigenvalue weighted by Crippen LogP contribution is 2.01. The summed E-state index contributed by atoms with van der Waals surface area (Å²) in [5.41, 5.74) is 6.43. The third-order valence-corrected chi connectivity index (χ3v) is 2.57. The molecule has 0 radical (unpaired) electrons. The highest BCUT2D eigenvalue weighted by atomic mass is 15.4. The van der Waals surface area contributed by atoms with E-state index in [1.165, 1.54) is 19.3 Å². The van der Waals surface area contributed by atoms with Gasteiger partial charge in [-0.15, -0.1) is 5.10 Å². The summed E-state index contributed by atoms with van der Waals surface area (Å²) >= 11 is 0. The van der Waals surface area contributed by atoms with E-state index in [1.807, 2.05) is 6.20 Å². The van der Waals surface area contributed by atoms with Crippen LogP contribution in [-0.4, -0.2) is 27.6 Å². The fourth-order valence-electron chi connectivity index (χ4n) is 1.55. The van der Waals surface area contributed by atoms with Gasteiger partial charge in [-0.05, 0) is 13.3 Å². The summed E-state index contributed by atoms with van der Waals surface area (Å²) in [4.78, 5) is 0. The first kappa shape index (κ1) is 13.1. The van der Waals surface area contributed by atoms with Gasteiger partial charge in [0.1, 0.15) is 0 Å². The summed E-state index contributed by atoms with van der Waals surface area (Å²) in [6.45, 7) is 6.54. The first-order valence-corrected chi connectivity index (χ1v) is 6.08. The normalized spacial score (nSPS) is 12.9. The average molecular weight is 225 g/mol. The quantitative estimate of drug-likeness (QED) is 0.690. The maximum atomic E-state index is 5.44. The van der Waals surface area contributed by atoms with Crippen LogP contribution < -0.4 is 11.1 Å². The fourth-order valence-corrected chi connectivity index (χ4v) is 1.55. The van der Waals surface area contributed by atoms with Crippen molar-refractivity contribution < 1.29 is 0 Å². The maximum Gasteiger partial charge on any atom is 0.0964 e. The van der Waals surface area contributed by atoms with Gasteiger partial charge in [-0.2, -0.15) is 0 Å². The summed E-state index contributed by atoms with van der Waals surface area (Å²) in [6.07, 6.45) is 5.69. The Labute approximate surface area is 97.4 Å². The van der Waals surface area contributed by atoms with Gasteiger partial charge in [-0.3, -0.25) is 4.68 Å². The van der Waals surface area contributed by atoms with Crippen molar-refractivity contribution in [2.45, 2.75) is 52.2 Å². The summed E-state index contributed by atoms with van der Waals surface area (Å²) in [5.74, 6) is 0. The second-order valence-corrected chi connectivity index (χ2v) is 4.19. The number of aromatic nitrogens is 3. The minimum absolute atomic E-state index is 0.541. The van der Waals surface area contributed by atoms with Crippen molar-refractivity contribution >= 4 is 0 Å². The van der Waals surface area contributed by atoms with E-state index in [4.69, 9.17) is 5.73 Å². The Bertz CT molecular complexity index is 284. The van der Waals surface area contributed by atoms with Crippen LogP contribution in [0.25, 0.3) is 0 Å². The molecule has 0 saturated carbocycles. The molecule has 0 amide bonds. The molecule has 0 aliphatic carbocycles. The van der Waals surface area contributed by atoms with Crippen LogP contribution in [0.5, 0.6) is 0 Å². The molecule has 1 aromatic heterocycles. The third-order valence-electron chi connectivity index (χ3n) is 2.57. The number of rotatable bonds is 8. The van der Waals surface area contributed by atoms with E-state index in [9.17, 15) is 0 Å². The van der Waals surface area contributed by atoms with Crippen LogP contribution in [0.3, 0.4) is 0 Å². The maximum absolute atomic E-state index is 5.44. The highest BCUT2D eigenvalue weighted by molar-refractivity contribution is 4.91. The fraction of sp³-hybridized carbons (Fsp3) is 0.818. The minimum atomic E-state index is 0.541. The number of hydrogen-bond acceptors (Lipinski definition) is 4. The molecule has 0 aliphatic rings. The molecule has 16 heavy (non-hydrogen) atoms. The number of nitrogens with zero attached hydrogens (tertiary/aromatic N) is 3. The Hall–Kier alpha value is -0.940. The number of hydrogen-bond donors (Lipinski definition) is 2. The van der Waals surface area contributed by atoms with Crippen LogP contribution in [0.15, 0.2) is 6.20 Å². The molecule has 92 valence electrons. The van der Waals surface area contributed by atoms with Gasteiger partial charge in [0.15, 0.2) is 0 Å². The molecule has 1 heterocycles. The first-order valence-electron chi connectivity index (χ1n) is 6.08. The molecule has 0 spiro atoms. The largest absolute Gasteiger partial charge is 0.329 e. The Morgan fingerprint density at radius 3 is 3.06 bits per heavy atom. The van der Waals surface area contributed by atoms with Gasteiger partial charge >= 0.3 is 0 Å². The zero-order chi connectivity index (χ0) is 11.8. The number of nitrogens with two attached hydrogens (primary N) is 1. The molecule has 5 nitrogen and oxygen atoms in total. The van der Waals surface area contributed by atoms with Crippen molar-refractivity contribution in [2.24, 2.45) is 5.73 Å². The van der Waals surface area contributed by atoms with Gasteiger partial charge in [0.05, 0.1) is 12.2 Å². The number of unbranched alkanes of at least 4 members (excludes halogenated alkanes) is 1. The van der Waals surface area contributed by atoms with Crippen LogP contribution in [-0.2, 0) is 13.1 Å². The molecule has 0 saturated heterocycles. The first-order chi connectivity index (χ1) is 7.76. The second-order valence-electron chi connectivity index (χ2n) is 4.19. The van der Waals surface area contributed by atoms with Crippen molar-refractivity contribution in [1.82, 2.24) is 20.3 Å². The van der Waals surface area contributed by atoms with Crippen LogP contribution in [0.1, 0.15) is 38.8 Å². The van der Waals surface area contributed by atoms with Crippen molar-refractivity contribution in [3.05, 3.63) is 11.9 Å². The van der Waals surface area contributed by atoms with E-state index in [-0.39, 0.29) is 0 Å². The Morgan fingerprint density at radius 1 is 1.56 bits per heavy atom. The topological polar surface area (TPSA) is 68.8 Å². The lowest BCUT2D eigenvalue weighted by Crippen LogP contribution is -2.25. The predicted octanol–water partition coefficient (Wildman–Crippen LogP) is 0.905. The van der Waals surface area contributed by atoms with Crippen molar-refractivity contribution in [1.29, 1.82) is 0 Å². The molecule has 0 fully saturated rings. The molecule has 5 heteroatoms.